The van der Waals surface area contributed by atoms with E-state index in [-0.39, 0.29) is 18.8 Å². The molecule has 0 radical (unpaired) electrons. The van der Waals surface area contributed by atoms with Crippen LogP contribution in [0.4, 0.5) is 5.82 Å². The van der Waals surface area contributed by atoms with Gasteiger partial charge in [0.05, 0.1) is 18.6 Å². The summed E-state index contributed by atoms with van der Waals surface area (Å²) in [5.74, 6) is -0.176. The Morgan fingerprint density at radius 1 is 1.26 bits per heavy atom. The number of ether oxygens (including phenoxy) is 3. The number of hydrogen-bond donors (Lipinski definition) is 1. The van der Waals surface area contributed by atoms with Crippen LogP contribution in [0.2, 0.25) is 0 Å². The molecule has 4 rings (SSSR count). The van der Waals surface area contributed by atoms with Gasteiger partial charge in [0.25, 0.3) is 0 Å². The monoisotopic (exact) mass is 375 g/mol. The van der Waals surface area contributed by atoms with Gasteiger partial charge in [-0.3, -0.25) is 0 Å². The van der Waals surface area contributed by atoms with Crippen molar-refractivity contribution in [2.75, 3.05) is 20.7 Å². The van der Waals surface area contributed by atoms with Gasteiger partial charge in [0, 0.05) is 14.1 Å². The third kappa shape index (κ3) is 3.00. The largest absolute Gasteiger partial charge is 0.393 e. The van der Waals surface area contributed by atoms with Crippen LogP contribution in [-0.2, 0) is 14.2 Å². The molecule has 1 N–H and O–H groups in total. The third-order valence-corrected chi connectivity index (χ3v) is 4.90. The lowest BCUT2D eigenvalue weighted by atomic mass is 9.97. The van der Waals surface area contributed by atoms with Crippen LogP contribution in [0.15, 0.2) is 23.5 Å². The molecule has 0 spiro atoms. The number of rotatable bonds is 4. The molecular formula is C18H25N5O4. The molecule has 2 saturated heterocycles. The van der Waals surface area contributed by atoms with Crippen molar-refractivity contribution < 1.29 is 19.3 Å². The smallest absolute Gasteiger partial charge is 0.181 e. The first kappa shape index (κ1) is 18.3. The van der Waals surface area contributed by atoms with Crippen LogP contribution >= 0.6 is 0 Å². The molecule has 4 atom stereocenters. The van der Waals surface area contributed by atoms with Gasteiger partial charge in [-0.1, -0.05) is 0 Å². The maximum Gasteiger partial charge on any atom is 0.181 e. The van der Waals surface area contributed by atoms with E-state index in [0.29, 0.717) is 5.82 Å². The van der Waals surface area contributed by atoms with E-state index in [1.807, 2.05) is 51.9 Å². The number of aliphatic imine (C=N–C) groups is 1. The lowest BCUT2D eigenvalue weighted by Crippen LogP contribution is -2.43. The normalized spacial score (nSPS) is 32.4. The second-order valence-corrected chi connectivity index (χ2v) is 7.88. The van der Waals surface area contributed by atoms with E-state index in [9.17, 15) is 5.11 Å². The summed E-state index contributed by atoms with van der Waals surface area (Å²) < 4.78 is 20.1. The number of aromatic nitrogens is 3. The fourth-order valence-electron chi connectivity index (χ4n) is 3.69. The molecule has 0 aromatic carbocycles. The van der Waals surface area contributed by atoms with Crippen LogP contribution in [0.5, 0.6) is 0 Å². The highest BCUT2D eigenvalue weighted by Gasteiger charge is 2.61. The van der Waals surface area contributed by atoms with E-state index in [2.05, 4.69) is 15.1 Å². The van der Waals surface area contributed by atoms with E-state index < -0.39 is 17.5 Å². The van der Waals surface area contributed by atoms with E-state index in [1.54, 1.807) is 10.9 Å². The zero-order valence-corrected chi connectivity index (χ0v) is 16.2. The highest BCUT2D eigenvalue weighted by Crippen LogP contribution is 2.49. The van der Waals surface area contributed by atoms with Crippen molar-refractivity contribution in [3.63, 3.8) is 0 Å². The van der Waals surface area contributed by atoms with Gasteiger partial charge >= 0.3 is 0 Å². The SMILES string of the molecule is CN(C)C=Nc1ncnn2c([C@@H]3O[C@](C)(CO)[C@H]4OC(C)(C)O[C@@H]34)ccc12. The molecule has 0 aliphatic carbocycles. The molecule has 146 valence electrons. The van der Waals surface area contributed by atoms with E-state index >= 15 is 0 Å². The quantitative estimate of drug-likeness (QED) is 0.636. The van der Waals surface area contributed by atoms with Crippen LogP contribution in [0.1, 0.15) is 32.6 Å². The Morgan fingerprint density at radius 2 is 2.04 bits per heavy atom. The van der Waals surface area contributed by atoms with Gasteiger partial charge in [0.2, 0.25) is 0 Å². The van der Waals surface area contributed by atoms with Crippen LogP contribution in [0.25, 0.3) is 5.52 Å². The summed E-state index contributed by atoms with van der Waals surface area (Å²) in [7, 11) is 3.79. The van der Waals surface area contributed by atoms with Crippen LogP contribution in [0, 0.1) is 0 Å². The molecule has 2 aliphatic rings. The Labute approximate surface area is 157 Å². The number of aliphatic hydroxyl groups excluding tert-OH is 1. The average molecular weight is 375 g/mol. The third-order valence-electron chi connectivity index (χ3n) is 4.90. The highest BCUT2D eigenvalue weighted by molar-refractivity contribution is 5.70. The molecule has 2 aromatic heterocycles. The second-order valence-electron chi connectivity index (χ2n) is 7.88. The fraction of sp³-hybridized carbons (Fsp3) is 0.611. The topological polar surface area (TPSA) is 93.7 Å². The number of nitrogens with zero attached hydrogens (tertiary/aromatic N) is 5. The van der Waals surface area contributed by atoms with Crippen molar-refractivity contribution in [3.8, 4) is 0 Å². The lowest BCUT2D eigenvalue weighted by molar-refractivity contribution is -0.213. The van der Waals surface area contributed by atoms with Crippen molar-refractivity contribution in [1.82, 2.24) is 19.5 Å². The summed E-state index contributed by atoms with van der Waals surface area (Å²) >= 11 is 0. The van der Waals surface area contributed by atoms with E-state index in [1.165, 1.54) is 6.33 Å². The predicted octanol–water partition coefficient (Wildman–Crippen LogP) is 1.29. The van der Waals surface area contributed by atoms with Crippen molar-refractivity contribution in [1.29, 1.82) is 0 Å². The summed E-state index contributed by atoms with van der Waals surface area (Å²) in [6, 6.07) is 3.84. The molecule has 2 aromatic rings. The van der Waals surface area contributed by atoms with Crippen molar-refractivity contribution in [3.05, 3.63) is 24.2 Å². The number of hydrogen-bond acceptors (Lipinski definition) is 7. The maximum atomic E-state index is 9.92. The molecule has 9 nitrogen and oxygen atoms in total. The second kappa shape index (κ2) is 6.23. The summed E-state index contributed by atoms with van der Waals surface area (Å²) in [5, 5.41) is 14.3. The van der Waals surface area contributed by atoms with Crippen LogP contribution in [0.3, 0.4) is 0 Å². The Kier molecular flexibility index (Phi) is 4.22. The van der Waals surface area contributed by atoms with Crippen LogP contribution in [-0.4, -0.2) is 75.2 Å². The minimum atomic E-state index is -0.855. The Morgan fingerprint density at radius 3 is 2.74 bits per heavy atom. The van der Waals surface area contributed by atoms with Gasteiger partial charge in [-0.15, -0.1) is 0 Å². The summed E-state index contributed by atoms with van der Waals surface area (Å²) in [4.78, 5) is 10.5. The number of aliphatic hydroxyl groups is 1. The van der Waals surface area contributed by atoms with Gasteiger partial charge in [0.1, 0.15) is 35.8 Å². The van der Waals surface area contributed by atoms with Gasteiger partial charge in [0.15, 0.2) is 11.6 Å². The molecular weight excluding hydrogens is 350 g/mol. The standard InChI is InChI=1S/C18H25N5O4/c1-17(2)25-14-13(26-18(3,8-24)15(14)27-17)11-6-7-12-16(20-10-22(4)5)19-9-21-23(11)12/h6-7,9-10,13-15,24H,8H2,1-5H3/t13-,14-,15-,18+/m0/s1. The molecule has 9 heteroatoms. The lowest BCUT2D eigenvalue weighted by Gasteiger charge is -2.29. The average Bonchev–Trinajstić information content (AvgIpc) is 3.25. The molecule has 0 amide bonds. The van der Waals surface area contributed by atoms with Gasteiger partial charge in [-0.05, 0) is 32.9 Å². The first-order valence-electron chi connectivity index (χ1n) is 8.92. The van der Waals surface area contributed by atoms with Crippen molar-refractivity contribution in [2.24, 2.45) is 4.99 Å². The molecule has 0 bridgehead atoms. The van der Waals surface area contributed by atoms with E-state index in [0.717, 1.165) is 11.2 Å². The van der Waals surface area contributed by atoms with E-state index in [4.69, 9.17) is 14.2 Å². The van der Waals surface area contributed by atoms with Gasteiger partial charge < -0.3 is 24.2 Å². The zero-order valence-electron chi connectivity index (χ0n) is 16.2. The number of fused-ring (bicyclic) bond motifs is 2. The zero-order chi connectivity index (χ0) is 19.4. The Hall–Kier alpha value is -2.07. The molecule has 2 aliphatic heterocycles. The highest BCUT2D eigenvalue weighted by atomic mass is 16.8. The Bertz CT molecular complexity index is 880. The van der Waals surface area contributed by atoms with Gasteiger partial charge in [-0.25, -0.2) is 14.5 Å². The maximum absolute atomic E-state index is 9.92. The summed E-state index contributed by atoms with van der Waals surface area (Å²) in [5.41, 5.74) is 0.718. The minimum Gasteiger partial charge on any atom is -0.393 e. The molecule has 0 saturated carbocycles. The molecule has 0 unspecified atom stereocenters. The summed E-state index contributed by atoms with van der Waals surface area (Å²) in [6.07, 6.45) is 2.00. The van der Waals surface area contributed by atoms with Crippen LogP contribution < -0.4 is 0 Å². The Balaban J connectivity index is 1.75. The fourth-order valence-corrected chi connectivity index (χ4v) is 3.69. The predicted molar refractivity (Wildman–Crippen MR) is 98.0 cm³/mol. The van der Waals surface area contributed by atoms with Crippen molar-refractivity contribution >= 4 is 17.7 Å². The molecule has 2 fully saturated rings. The first-order valence-corrected chi connectivity index (χ1v) is 8.92. The van der Waals surface area contributed by atoms with Crippen molar-refractivity contribution in [2.45, 2.75) is 50.5 Å². The minimum absolute atomic E-state index is 0.166. The molecule has 4 heterocycles. The summed E-state index contributed by atoms with van der Waals surface area (Å²) in [6.45, 7) is 5.41. The molecule has 27 heavy (non-hydrogen) atoms. The van der Waals surface area contributed by atoms with Gasteiger partial charge in [-0.2, -0.15) is 5.10 Å². The first-order chi connectivity index (χ1) is 12.7.